The van der Waals surface area contributed by atoms with Crippen molar-refractivity contribution in [2.75, 3.05) is 14.2 Å². The summed E-state index contributed by atoms with van der Waals surface area (Å²) in [6.07, 6.45) is 2.07. The number of hydrogen-bond donors (Lipinski definition) is 2. The van der Waals surface area contributed by atoms with Crippen molar-refractivity contribution in [3.63, 3.8) is 0 Å². The molecule has 0 saturated heterocycles. The van der Waals surface area contributed by atoms with Crippen LogP contribution in [-0.2, 0) is 6.42 Å². The van der Waals surface area contributed by atoms with Crippen LogP contribution >= 0.6 is 0 Å². The highest BCUT2D eigenvalue weighted by Gasteiger charge is 2.08. The first kappa shape index (κ1) is 12.8. The Hall–Kier alpha value is -1.22. The van der Waals surface area contributed by atoms with E-state index in [4.69, 9.17) is 4.74 Å². The molecule has 0 radical (unpaired) electrons. The van der Waals surface area contributed by atoms with E-state index in [1.165, 1.54) is 5.56 Å². The van der Waals surface area contributed by atoms with Gasteiger partial charge in [0.25, 0.3) is 0 Å². The third-order valence-corrected chi connectivity index (χ3v) is 2.98. The number of phenols is 1. The molecule has 0 bridgehead atoms. The minimum absolute atomic E-state index is 0.213. The van der Waals surface area contributed by atoms with E-state index in [-0.39, 0.29) is 5.75 Å². The quantitative estimate of drug-likeness (QED) is 0.804. The normalized spacial score (nSPS) is 12.5. The Balaban J connectivity index is 2.79. The standard InChI is InChI=1S/C13H21NO2/c1-9-7-12(15)13(16-4)8-11(9)6-5-10(2)14-3/h7-8,10,14-15H,5-6H2,1-4H3. The van der Waals surface area contributed by atoms with Gasteiger partial charge in [-0.05, 0) is 57.0 Å². The second-order valence-corrected chi connectivity index (χ2v) is 4.18. The van der Waals surface area contributed by atoms with Crippen molar-refractivity contribution in [2.45, 2.75) is 32.7 Å². The predicted octanol–water partition coefficient (Wildman–Crippen LogP) is 2.25. The molecule has 90 valence electrons. The molecular formula is C13H21NO2. The first-order chi connectivity index (χ1) is 7.58. The average Bonchev–Trinajstić information content (AvgIpc) is 2.27. The number of aromatic hydroxyl groups is 1. The van der Waals surface area contributed by atoms with Crippen LogP contribution in [0, 0.1) is 6.92 Å². The molecule has 3 heteroatoms. The lowest BCUT2D eigenvalue weighted by Crippen LogP contribution is -2.21. The topological polar surface area (TPSA) is 41.5 Å². The number of benzene rings is 1. The van der Waals surface area contributed by atoms with Crippen molar-refractivity contribution in [1.82, 2.24) is 5.32 Å². The molecule has 0 saturated carbocycles. The van der Waals surface area contributed by atoms with Crippen LogP contribution in [-0.4, -0.2) is 25.3 Å². The second-order valence-electron chi connectivity index (χ2n) is 4.18. The van der Waals surface area contributed by atoms with Crippen molar-refractivity contribution in [3.8, 4) is 11.5 Å². The largest absolute Gasteiger partial charge is 0.504 e. The molecule has 1 aromatic rings. The summed E-state index contributed by atoms with van der Waals surface area (Å²) in [5.74, 6) is 0.767. The number of aryl methyl sites for hydroxylation is 2. The summed E-state index contributed by atoms with van der Waals surface area (Å²) in [6, 6.07) is 4.19. The Morgan fingerprint density at radius 1 is 1.44 bits per heavy atom. The Bertz CT molecular complexity index is 350. The molecule has 1 aromatic carbocycles. The van der Waals surface area contributed by atoms with Crippen LogP contribution in [0.1, 0.15) is 24.5 Å². The molecule has 3 nitrogen and oxygen atoms in total. The van der Waals surface area contributed by atoms with E-state index in [0.29, 0.717) is 11.8 Å². The lowest BCUT2D eigenvalue weighted by atomic mass is 10.0. The molecule has 0 aliphatic heterocycles. The molecule has 0 amide bonds. The fourth-order valence-electron chi connectivity index (χ4n) is 1.66. The molecule has 1 rings (SSSR count). The number of methoxy groups -OCH3 is 1. The Labute approximate surface area is 97.4 Å². The Morgan fingerprint density at radius 3 is 2.69 bits per heavy atom. The van der Waals surface area contributed by atoms with Gasteiger partial charge in [-0.25, -0.2) is 0 Å². The van der Waals surface area contributed by atoms with Crippen molar-refractivity contribution >= 4 is 0 Å². The third-order valence-electron chi connectivity index (χ3n) is 2.98. The maximum atomic E-state index is 9.60. The zero-order valence-electron chi connectivity index (χ0n) is 10.5. The fourth-order valence-corrected chi connectivity index (χ4v) is 1.66. The van der Waals surface area contributed by atoms with E-state index < -0.39 is 0 Å². The van der Waals surface area contributed by atoms with Gasteiger partial charge in [-0.2, -0.15) is 0 Å². The summed E-state index contributed by atoms with van der Waals surface area (Å²) in [5.41, 5.74) is 2.35. The van der Waals surface area contributed by atoms with E-state index >= 15 is 0 Å². The highest BCUT2D eigenvalue weighted by molar-refractivity contribution is 5.46. The van der Waals surface area contributed by atoms with E-state index in [1.807, 2.05) is 20.0 Å². The van der Waals surface area contributed by atoms with Crippen molar-refractivity contribution in [1.29, 1.82) is 0 Å². The van der Waals surface area contributed by atoms with Crippen LogP contribution in [0.3, 0.4) is 0 Å². The molecule has 1 unspecified atom stereocenters. The van der Waals surface area contributed by atoms with Gasteiger partial charge >= 0.3 is 0 Å². The summed E-state index contributed by atoms with van der Waals surface area (Å²) in [7, 11) is 3.54. The number of nitrogens with one attached hydrogen (secondary N) is 1. The molecule has 0 heterocycles. The highest BCUT2D eigenvalue weighted by atomic mass is 16.5. The van der Waals surface area contributed by atoms with E-state index in [0.717, 1.165) is 18.4 Å². The summed E-state index contributed by atoms with van der Waals surface area (Å²) >= 11 is 0. The van der Waals surface area contributed by atoms with Crippen LogP contribution in [0.15, 0.2) is 12.1 Å². The van der Waals surface area contributed by atoms with Gasteiger partial charge in [-0.15, -0.1) is 0 Å². The summed E-state index contributed by atoms with van der Waals surface area (Å²) in [5, 5.41) is 12.8. The second kappa shape index (κ2) is 5.75. The number of phenolic OH excluding ortho intramolecular Hbond substituents is 1. The monoisotopic (exact) mass is 223 g/mol. The summed E-state index contributed by atoms with van der Waals surface area (Å²) in [4.78, 5) is 0. The minimum atomic E-state index is 0.213. The van der Waals surface area contributed by atoms with Gasteiger partial charge in [0, 0.05) is 6.04 Å². The maximum absolute atomic E-state index is 9.60. The van der Waals surface area contributed by atoms with Gasteiger partial charge in [-0.3, -0.25) is 0 Å². The Morgan fingerprint density at radius 2 is 2.12 bits per heavy atom. The SMILES string of the molecule is CNC(C)CCc1cc(OC)c(O)cc1C. The molecule has 0 spiro atoms. The van der Waals surface area contributed by atoms with Crippen LogP contribution in [0.4, 0.5) is 0 Å². The van der Waals surface area contributed by atoms with Crippen LogP contribution < -0.4 is 10.1 Å². The van der Waals surface area contributed by atoms with E-state index in [2.05, 4.69) is 12.2 Å². The molecule has 0 aliphatic rings. The zero-order chi connectivity index (χ0) is 12.1. The third kappa shape index (κ3) is 3.14. The predicted molar refractivity (Wildman–Crippen MR) is 66.2 cm³/mol. The fraction of sp³-hybridized carbons (Fsp3) is 0.538. The van der Waals surface area contributed by atoms with Gasteiger partial charge in [0.1, 0.15) is 0 Å². The van der Waals surface area contributed by atoms with Crippen LogP contribution in [0.25, 0.3) is 0 Å². The maximum Gasteiger partial charge on any atom is 0.160 e. The first-order valence-electron chi connectivity index (χ1n) is 5.62. The van der Waals surface area contributed by atoms with Crippen LogP contribution in [0.5, 0.6) is 11.5 Å². The number of ether oxygens (including phenoxy) is 1. The molecule has 0 fully saturated rings. The van der Waals surface area contributed by atoms with E-state index in [1.54, 1.807) is 13.2 Å². The molecule has 0 aliphatic carbocycles. The average molecular weight is 223 g/mol. The van der Waals surface area contributed by atoms with Gasteiger partial charge in [0.15, 0.2) is 11.5 Å². The Kier molecular flexibility index (Phi) is 4.62. The zero-order valence-corrected chi connectivity index (χ0v) is 10.5. The summed E-state index contributed by atoms with van der Waals surface area (Å²) < 4.78 is 5.11. The van der Waals surface area contributed by atoms with Crippen molar-refractivity contribution in [2.24, 2.45) is 0 Å². The lowest BCUT2D eigenvalue weighted by molar-refractivity contribution is 0.372. The van der Waals surface area contributed by atoms with Gasteiger partial charge in [-0.1, -0.05) is 0 Å². The smallest absolute Gasteiger partial charge is 0.160 e. The van der Waals surface area contributed by atoms with Gasteiger partial charge in [0.05, 0.1) is 7.11 Å². The molecule has 2 N–H and O–H groups in total. The lowest BCUT2D eigenvalue weighted by Gasteiger charge is -2.13. The molecular weight excluding hydrogens is 202 g/mol. The minimum Gasteiger partial charge on any atom is -0.504 e. The molecule has 16 heavy (non-hydrogen) atoms. The number of hydrogen-bond acceptors (Lipinski definition) is 3. The van der Waals surface area contributed by atoms with Gasteiger partial charge < -0.3 is 15.2 Å². The van der Waals surface area contributed by atoms with Crippen molar-refractivity contribution < 1.29 is 9.84 Å². The van der Waals surface area contributed by atoms with Crippen LogP contribution in [0.2, 0.25) is 0 Å². The first-order valence-corrected chi connectivity index (χ1v) is 5.62. The highest BCUT2D eigenvalue weighted by Crippen LogP contribution is 2.29. The van der Waals surface area contributed by atoms with Gasteiger partial charge in [0.2, 0.25) is 0 Å². The van der Waals surface area contributed by atoms with E-state index in [9.17, 15) is 5.11 Å². The molecule has 0 aromatic heterocycles. The summed E-state index contributed by atoms with van der Waals surface area (Å²) in [6.45, 7) is 4.17. The van der Waals surface area contributed by atoms with Crippen molar-refractivity contribution in [3.05, 3.63) is 23.3 Å². The molecule has 1 atom stereocenters. The number of rotatable bonds is 5.